The number of rotatable bonds is 4. The van der Waals surface area contributed by atoms with Gasteiger partial charge in [0.25, 0.3) is 5.69 Å². The fraction of sp³-hybridized carbons (Fsp3) is 0.267. The predicted molar refractivity (Wildman–Crippen MR) is 84.2 cm³/mol. The highest BCUT2D eigenvalue weighted by Gasteiger charge is 2.33. The molecule has 0 radical (unpaired) electrons. The van der Waals surface area contributed by atoms with Gasteiger partial charge in [-0.15, -0.1) is 0 Å². The number of hydrogen-bond acceptors (Lipinski definition) is 4. The van der Waals surface area contributed by atoms with Crippen LogP contribution in [0.2, 0.25) is 0 Å². The zero-order valence-corrected chi connectivity index (χ0v) is 13.2. The lowest BCUT2D eigenvalue weighted by molar-refractivity contribution is -0.384. The molecule has 24 heavy (non-hydrogen) atoms. The van der Waals surface area contributed by atoms with Gasteiger partial charge >= 0.3 is 6.18 Å². The van der Waals surface area contributed by atoms with Gasteiger partial charge in [-0.05, 0) is 32.0 Å². The van der Waals surface area contributed by atoms with Gasteiger partial charge in [0.05, 0.1) is 16.7 Å². The number of alkyl halides is 3. The summed E-state index contributed by atoms with van der Waals surface area (Å²) in [6.45, 7) is 3.80. The Morgan fingerprint density at radius 3 is 2.46 bits per heavy atom. The van der Waals surface area contributed by atoms with Gasteiger partial charge in [0.15, 0.2) is 0 Å². The number of hydrogen-bond donors (Lipinski definition) is 1. The van der Waals surface area contributed by atoms with Crippen LogP contribution in [0.4, 0.5) is 24.5 Å². The van der Waals surface area contributed by atoms with Gasteiger partial charge < -0.3 is 4.57 Å². The van der Waals surface area contributed by atoms with Crippen LogP contribution in [-0.2, 0) is 13.2 Å². The molecule has 0 aliphatic rings. The molecule has 0 fully saturated rings. The molecular formula is C15H15F3N4O2. The molecule has 1 heterocycles. The molecule has 0 saturated carbocycles. The Hall–Kier alpha value is -2.84. The minimum atomic E-state index is -4.65. The number of benzene rings is 1. The number of nitro benzene ring substituents is 1. The number of nitrogens with one attached hydrogen (secondary N) is 1. The molecule has 0 aliphatic carbocycles. The number of nitro groups is 1. The second kappa shape index (κ2) is 6.34. The lowest BCUT2D eigenvalue weighted by Crippen LogP contribution is -2.06. The summed E-state index contributed by atoms with van der Waals surface area (Å²) in [5.74, 6) is 0. The average Bonchev–Trinajstić information content (AvgIpc) is 2.73. The van der Waals surface area contributed by atoms with Crippen molar-refractivity contribution in [1.29, 1.82) is 0 Å². The number of aromatic nitrogens is 1. The molecule has 1 aromatic heterocycles. The minimum Gasteiger partial charge on any atom is -0.352 e. The number of halogens is 3. The van der Waals surface area contributed by atoms with E-state index in [1.807, 2.05) is 31.5 Å². The van der Waals surface area contributed by atoms with Crippen LogP contribution < -0.4 is 5.43 Å². The highest BCUT2D eigenvalue weighted by atomic mass is 19.4. The summed E-state index contributed by atoms with van der Waals surface area (Å²) in [6, 6.07) is 4.11. The van der Waals surface area contributed by atoms with Crippen molar-refractivity contribution in [2.24, 2.45) is 12.1 Å². The SMILES string of the molecule is Cc1cc(/C=N\Nc2ccc(C(F)(F)F)cc2[N+](=O)[O-])c(C)n1C. The number of aryl methyl sites for hydroxylation is 1. The summed E-state index contributed by atoms with van der Waals surface area (Å²) in [7, 11) is 1.89. The first-order chi connectivity index (χ1) is 11.1. The van der Waals surface area contributed by atoms with Crippen LogP contribution in [0.3, 0.4) is 0 Å². The average molecular weight is 340 g/mol. The van der Waals surface area contributed by atoms with E-state index in [1.165, 1.54) is 6.21 Å². The molecule has 128 valence electrons. The fourth-order valence-corrected chi connectivity index (χ4v) is 2.14. The largest absolute Gasteiger partial charge is 0.416 e. The van der Waals surface area contributed by atoms with Crippen LogP contribution >= 0.6 is 0 Å². The third-order valence-electron chi connectivity index (χ3n) is 3.72. The molecular weight excluding hydrogens is 325 g/mol. The lowest BCUT2D eigenvalue weighted by Gasteiger charge is -2.08. The van der Waals surface area contributed by atoms with Gasteiger partial charge in [0, 0.05) is 30.1 Å². The molecule has 2 rings (SSSR count). The maximum atomic E-state index is 12.6. The van der Waals surface area contributed by atoms with Crippen molar-refractivity contribution in [3.63, 3.8) is 0 Å². The maximum Gasteiger partial charge on any atom is 0.416 e. The standard InChI is InChI=1S/C15H15F3N4O2/c1-9-6-11(10(2)21(9)3)8-19-20-13-5-4-12(15(16,17)18)7-14(13)22(23)24/h4-8,20H,1-3H3/b19-8-. The van der Waals surface area contributed by atoms with E-state index in [2.05, 4.69) is 10.5 Å². The first-order valence-corrected chi connectivity index (χ1v) is 6.89. The normalized spacial score (nSPS) is 11.9. The Morgan fingerprint density at radius 1 is 1.29 bits per heavy atom. The van der Waals surface area contributed by atoms with Crippen LogP contribution in [0.5, 0.6) is 0 Å². The molecule has 0 saturated heterocycles. The van der Waals surface area contributed by atoms with Crippen molar-refractivity contribution >= 4 is 17.6 Å². The van der Waals surface area contributed by atoms with Crippen LogP contribution in [0.1, 0.15) is 22.5 Å². The van der Waals surface area contributed by atoms with Crippen LogP contribution in [0, 0.1) is 24.0 Å². The Kier molecular flexibility index (Phi) is 4.63. The van der Waals surface area contributed by atoms with E-state index in [-0.39, 0.29) is 5.69 Å². The molecule has 1 N–H and O–H groups in total. The van der Waals surface area contributed by atoms with Crippen LogP contribution in [0.15, 0.2) is 29.4 Å². The number of nitrogens with zero attached hydrogens (tertiary/aromatic N) is 3. The molecule has 2 aromatic rings. The Balaban J connectivity index is 2.27. The molecule has 0 aliphatic heterocycles. The first kappa shape index (κ1) is 17.5. The Labute approximate surface area is 135 Å². The molecule has 9 heteroatoms. The quantitative estimate of drug-likeness (QED) is 0.519. The third kappa shape index (κ3) is 3.55. The number of anilines is 1. The van der Waals surface area contributed by atoms with Crippen LogP contribution in [0.25, 0.3) is 0 Å². The van der Waals surface area contributed by atoms with Gasteiger partial charge in [-0.3, -0.25) is 15.5 Å². The van der Waals surface area contributed by atoms with E-state index in [4.69, 9.17) is 0 Å². The predicted octanol–water partition coefficient (Wildman–Crippen LogP) is 4.01. The number of hydrazone groups is 1. The zero-order valence-electron chi connectivity index (χ0n) is 13.2. The van der Waals surface area contributed by atoms with Crippen LogP contribution in [-0.4, -0.2) is 15.7 Å². The Morgan fingerprint density at radius 2 is 1.96 bits per heavy atom. The zero-order chi connectivity index (χ0) is 18.1. The van der Waals surface area contributed by atoms with Gasteiger partial charge in [0.1, 0.15) is 5.69 Å². The van der Waals surface area contributed by atoms with E-state index in [0.29, 0.717) is 6.07 Å². The van der Waals surface area contributed by atoms with E-state index in [0.717, 1.165) is 29.1 Å². The van der Waals surface area contributed by atoms with Crippen molar-refractivity contribution in [1.82, 2.24) is 4.57 Å². The van der Waals surface area contributed by atoms with Crippen molar-refractivity contribution in [2.45, 2.75) is 20.0 Å². The van der Waals surface area contributed by atoms with Gasteiger partial charge in [-0.25, -0.2) is 0 Å². The molecule has 1 aromatic carbocycles. The van der Waals surface area contributed by atoms with Crippen molar-refractivity contribution < 1.29 is 18.1 Å². The molecule has 6 nitrogen and oxygen atoms in total. The van der Waals surface area contributed by atoms with Crippen molar-refractivity contribution in [3.8, 4) is 0 Å². The monoisotopic (exact) mass is 340 g/mol. The van der Waals surface area contributed by atoms with Gasteiger partial charge in [0.2, 0.25) is 0 Å². The summed E-state index contributed by atoms with van der Waals surface area (Å²) >= 11 is 0. The highest BCUT2D eigenvalue weighted by Crippen LogP contribution is 2.34. The highest BCUT2D eigenvalue weighted by molar-refractivity contribution is 5.82. The topological polar surface area (TPSA) is 72.5 Å². The fourth-order valence-electron chi connectivity index (χ4n) is 2.14. The smallest absolute Gasteiger partial charge is 0.352 e. The minimum absolute atomic E-state index is 0.116. The van der Waals surface area contributed by atoms with E-state index in [1.54, 1.807) is 0 Å². The van der Waals surface area contributed by atoms with Gasteiger partial charge in [-0.2, -0.15) is 18.3 Å². The summed E-state index contributed by atoms with van der Waals surface area (Å²) in [6.07, 6.45) is -3.19. The Bertz CT molecular complexity index is 810. The van der Waals surface area contributed by atoms with Crippen molar-refractivity contribution in [2.75, 3.05) is 5.43 Å². The van der Waals surface area contributed by atoms with Crippen molar-refractivity contribution in [3.05, 3.63) is 56.9 Å². The molecule has 0 spiro atoms. The molecule has 0 unspecified atom stereocenters. The lowest BCUT2D eigenvalue weighted by atomic mass is 10.1. The van der Waals surface area contributed by atoms with E-state index in [9.17, 15) is 23.3 Å². The second-order valence-corrected chi connectivity index (χ2v) is 5.24. The molecule has 0 bridgehead atoms. The summed E-state index contributed by atoms with van der Waals surface area (Å²) in [4.78, 5) is 10.1. The summed E-state index contributed by atoms with van der Waals surface area (Å²) in [5.41, 5.74) is 3.29. The summed E-state index contributed by atoms with van der Waals surface area (Å²) < 4.78 is 39.9. The molecule has 0 amide bonds. The van der Waals surface area contributed by atoms with E-state index < -0.39 is 22.4 Å². The van der Waals surface area contributed by atoms with Gasteiger partial charge in [-0.1, -0.05) is 0 Å². The summed E-state index contributed by atoms with van der Waals surface area (Å²) in [5, 5.41) is 14.9. The first-order valence-electron chi connectivity index (χ1n) is 6.89. The molecule has 0 atom stereocenters. The maximum absolute atomic E-state index is 12.6. The van der Waals surface area contributed by atoms with E-state index >= 15 is 0 Å². The second-order valence-electron chi connectivity index (χ2n) is 5.24. The third-order valence-corrected chi connectivity index (χ3v) is 3.72.